The first-order chi connectivity index (χ1) is 12.2. The summed E-state index contributed by atoms with van der Waals surface area (Å²) in [4.78, 5) is 17.4. The van der Waals surface area contributed by atoms with Crippen LogP contribution in [-0.2, 0) is 4.74 Å². The van der Waals surface area contributed by atoms with Crippen molar-refractivity contribution in [2.24, 2.45) is 0 Å². The summed E-state index contributed by atoms with van der Waals surface area (Å²) >= 11 is 3.01. The fourth-order valence-electron chi connectivity index (χ4n) is 2.12. The predicted molar refractivity (Wildman–Crippen MR) is 100 cm³/mol. The average molecular weight is 367 g/mol. The number of nitriles is 1. The van der Waals surface area contributed by atoms with Crippen LogP contribution >= 0.6 is 22.7 Å². The SMILES string of the molecule is COC(=O)c1ccccc1N/C=C(\C#N)c1nc(-c2cccs2)cs1. The van der Waals surface area contributed by atoms with Gasteiger partial charge >= 0.3 is 5.97 Å². The number of hydrogen-bond donors (Lipinski definition) is 1. The number of carbonyl (C=O) groups is 1. The molecule has 0 spiro atoms. The molecule has 0 radical (unpaired) electrons. The molecule has 2 aromatic heterocycles. The van der Waals surface area contributed by atoms with Crippen molar-refractivity contribution in [3.8, 4) is 16.6 Å². The molecule has 5 nitrogen and oxygen atoms in total. The quantitative estimate of drug-likeness (QED) is 0.525. The van der Waals surface area contributed by atoms with Gasteiger partial charge in [-0.1, -0.05) is 18.2 Å². The zero-order chi connectivity index (χ0) is 17.6. The number of thiophene rings is 1. The van der Waals surface area contributed by atoms with E-state index in [1.54, 1.807) is 41.8 Å². The molecule has 1 N–H and O–H groups in total. The van der Waals surface area contributed by atoms with Gasteiger partial charge in [0.05, 0.1) is 28.9 Å². The van der Waals surface area contributed by atoms with Gasteiger partial charge in [0.2, 0.25) is 0 Å². The van der Waals surface area contributed by atoms with Crippen molar-refractivity contribution in [2.45, 2.75) is 0 Å². The van der Waals surface area contributed by atoms with Gasteiger partial charge in [-0.2, -0.15) is 5.26 Å². The molecule has 0 aliphatic heterocycles. The van der Waals surface area contributed by atoms with Crippen molar-refractivity contribution >= 4 is 39.9 Å². The highest BCUT2D eigenvalue weighted by atomic mass is 32.1. The summed E-state index contributed by atoms with van der Waals surface area (Å²) in [5.41, 5.74) is 2.22. The van der Waals surface area contributed by atoms with Crippen LogP contribution in [0.15, 0.2) is 53.4 Å². The molecule has 3 rings (SSSR count). The van der Waals surface area contributed by atoms with E-state index in [1.165, 1.54) is 18.4 Å². The monoisotopic (exact) mass is 367 g/mol. The summed E-state index contributed by atoms with van der Waals surface area (Å²) in [5, 5.41) is 17.0. The van der Waals surface area contributed by atoms with Gasteiger partial charge in [0, 0.05) is 11.6 Å². The molecule has 124 valence electrons. The predicted octanol–water partition coefficient (Wildman–Crippen LogP) is 4.63. The van der Waals surface area contributed by atoms with E-state index in [0.717, 1.165) is 10.6 Å². The van der Waals surface area contributed by atoms with Gasteiger partial charge in [0.1, 0.15) is 16.6 Å². The number of thiazole rings is 1. The number of aromatic nitrogens is 1. The van der Waals surface area contributed by atoms with Crippen molar-refractivity contribution in [2.75, 3.05) is 12.4 Å². The number of nitrogens with zero attached hydrogens (tertiary/aromatic N) is 2. The Morgan fingerprint density at radius 3 is 2.84 bits per heavy atom. The van der Waals surface area contributed by atoms with Crippen LogP contribution in [-0.4, -0.2) is 18.1 Å². The Hall–Kier alpha value is -2.95. The van der Waals surface area contributed by atoms with Crippen molar-refractivity contribution in [1.82, 2.24) is 4.98 Å². The summed E-state index contributed by atoms with van der Waals surface area (Å²) in [5.74, 6) is -0.441. The molecular formula is C18H13N3O2S2. The van der Waals surface area contributed by atoms with E-state index in [2.05, 4.69) is 16.4 Å². The van der Waals surface area contributed by atoms with Crippen molar-refractivity contribution in [3.63, 3.8) is 0 Å². The Kier molecular flexibility index (Phi) is 5.23. The summed E-state index contributed by atoms with van der Waals surface area (Å²) < 4.78 is 4.77. The lowest BCUT2D eigenvalue weighted by molar-refractivity contribution is 0.0602. The molecule has 0 aliphatic carbocycles. The number of benzene rings is 1. The molecule has 0 amide bonds. The third kappa shape index (κ3) is 3.76. The number of ether oxygens (including phenoxy) is 1. The van der Waals surface area contributed by atoms with E-state index in [9.17, 15) is 10.1 Å². The highest BCUT2D eigenvalue weighted by Crippen LogP contribution is 2.29. The number of nitrogens with one attached hydrogen (secondary N) is 1. The van der Waals surface area contributed by atoms with E-state index in [1.807, 2.05) is 22.9 Å². The second-order valence-electron chi connectivity index (χ2n) is 4.87. The maximum absolute atomic E-state index is 11.8. The van der Waals surface area contributed by atoms with Crippen molar-refractivity contribution < 1.29 is 9.53 Å². The van der Waals surface area contributed by atoms with Crippen LogP contribution in [0, 0.1) is 11.3 Å². The number of rotatable bonds is 5. The molecule has 0 saturated carbocycles. The lowest BCUT2D eigenvalue weighted by Crippen LogP contribution is -2.05. The fourth-order valence-corrected chi connectivity index (χ4v) is 3.67. The van der Waals surface area contributed by atoms with Crippen LogP contribution in [0.3, 0.4) is 0 Å². The van der Waals surface area contributed by atoms with E-state index in [-0.39, 0.29) is 0 Å². The Labute approximate surface area is 152 Å². The first-order valence-corrected chi connectivity index (χ1v) is 9.02. The van der Waals surface area contributed by atoms with Crippen LogP contribution < -0.4 is 5.32 Å². The molecule has 0 unspecified atom stereocenters. The minimum atomic E-state index is -0.441. The molecule has 1 aromatic carbocycles. The summed E-state index contributed by atoms with van der Waals surface area (Å²) in [7, 11) is 1.33. The van der Waals surface area contributed by atoms with E-state index in [0.29, 0.717) is 21.8 Å². The van der Waals surface area contributed by atoms with Gasteiger partial charge in [-0.25, -0.2) is 9.78 Å². The third-order valence-corrected chi connectivity index (χ3v) is 5.10. The van der Waals surface area contributed by atoms with Gasteiger partial charge in [-0.05, 0) is 23.6 Å². The largest absolute Gasteiger partial charge is 0.465 e. The zero-order valence-corrected chi connectivity index (χ0v) is 14.9. The molecule has 7 heteroatoms. The average Bonchev–Trinajstić information content (AvgIpc) is 3.33. The zero-order valence-electron chi connectivity index (χ0n) is 13.2. The molecule has 0 aliphatic rings. The minimum absolute atomic E-state index is 0.396. The van der Waals surface area contributed by atoms with E-state index < -0.39 is 5.97 Å². The summed E-state index contributed by atoms with van der Waals surface area (Å²) in [6.45, 7) is 0. The van der Waals surface area contributed by atoms with Crippen LogP contribution in [0.1, 0.15) is 15.4 Å². The van der Waals surface area contributed by atoms with E-state index >= 15 is 0 Å². The number of anilines is 1. The van der Waals surface area contributed by atoms with Gasteiger partial charge < -0.3 is 10.1 Å². The molecule has 25 heavy (non-hydrogen) atoms. The maximum Gasteiger partial charge on any atom is 0.339 e. The number of hydrogen-bond acceptors (Lipinski definition) is 7. The van der Waals surface area contributed by atoms with Crippen LogP contribution in [0.5, 0.6) is 0 Å². The number of esters is 1. The molecule has 2 heterocycles. The minimum Gasteiger partial charge on any atom is -0.465 e. The van der Waals surface area contributed by atoms with Crippen LogP contribution in [0.4, 0.5) is 5.69 Å². The number of carbonyl (C=O) groups excluding carboxylic acids is 1. The number of para-hydroxylation sites is 1. The highest BCUT2D eigenvalue weighted by molar-refractivity contribution is 7.14. The second kappa shape index (κ2) is 7.75. The summed E-state index contributed by atoms with van der Waals surface area (Å²) in [6, 6.07) is 13.1. The lowest BCUT2D eigenvalue weighted by Gasteiger charge is -2.07. The standard InChI is InChI=1S/C18H13N3O2S2/c1-23-18(22)13-5-2-3-6-14(13)20-10-12(9-19)17-21-15(11-25-17)16-7-4-8-24-16/h2-8,10-11,20H,1H3/b12-10+. The highest BCUT2D eigenvalue weighted by Gasteiger charge is 2.12. The van der Waals surface area contributed by atoms with Crippen LogP contribution in [0.2, 0.25) is 0 Å². The molecule has 0 atom stereocenters. The van der Waals surface area contributed by atoms with Crippen molar-refractivity contribution in [3.05, 3.63) is 63.9 Å². The topological polar surface area (TPSA) is 75.0 Å². The van der Waals surface area contributed by atoms with Crippen LogP contribution in [0.25, 0.3) is 16.1 Å². The van der Waals surface area contributed by atoms with Gasteiger partial charge in [0.15, 0.2) is 0 Å². The second-order valence-corrected chi connectivity index (χ2v) is 6.67. The van der Waals surface area contributed by atoms with E-state index in [4.69, 9.17) is 4.74 Å². The first kappa shape index (κ1) is 16.9. The molecule has 0 saturated heterocycles. The van der Waals surface area contributed by atoms with Gasteiger partial charge in [-0.3, -0.25) is 0 Å². The molecule has 3 aromatic rings. The normalized spacial score (nSPS) is 11.0. The molecular weight excluding hydrogens is 354 g/mol. The maximum atomic E-state index is 11.8. The van der Waals surface area contributed by atoms with Gasteiger partial charge in [0.25, 0.3) is 0 Å². The molecule has 0 fully saturated rings. The Morgan fingerprint density at radius 1 is 1.28 bits per heavy atom. The first-order valence-electron chi connectivity index (χ1n) is 7.27. The Morgan fingerprint density at radius 2 is 2.12 bits per heavy atom. The number of methoxy groups -OCH3 is 1. The number of allylic oxidation sites excluding steroid dienone is 1. The lowest BCUT2D eigenvalue weighted by atomic mass is 10.2. The Bertz CT molecular complexity index is 953. The molecule has 0 bridgehead atoms. The summed E-state index contributed by atoms with van der Waals surface area (Å²) in [6.07, 6.45) is 1.55. The van der Waals surface area contributed by atoms with Crippen molar-refractivity contribution in [1.29, 1.82) is 5.26 Å². The van der Waals surface area contributed by atoms with Gasteiger partial charge in [-0.15, -0.1) is 22.7 Å². The smallest absolute Gasteiger partial charge is 0.339 e. The fraction of sp³-hybridized carbons (Fsp3) is 0.0556. The Balaban J connectivity index is 1.85. The third-order valence-electron chi connectivity index (χ3n) is 3.33.